The third-order valence-electron chi connectivity index (χ3n) is 3.88. The zero-order chi connectivity index (χ0) is 30.3. The number of hydrogen-bond donors (Lipinski definition) is 3. The Labute approximate surface area is 191 Å². The van der Waals surface area contributed by atoms with Gasteiger partial charge in [-0.15, -0.1) is 11.3 Å². The maximum atomic E-state index is 12.7. The fraction of sp³-hybridized carbons (Fsp3) is 0.304. The van der Waals surface area contributed by atoms with Crippen LogP contribution in [0.4, 0.5) is 10.8 Å². The Morgan fingerprint density at radius 3 is 2.83 bits per heavy atom. The zero-order valence-corrected chi connectivity index (χ0v) is 16.5. The van der Waals surface area contributed by atoms with Crippen LogP contribution in [0.15, 0.2) is 53.7 Å². The monoisotopic (exact) mass is 420 g/mol. The Morgan fingerprint density at radius 1 is 1.31 bits per heavy atom. The number of nitrogens with one attached hydrogen (secondary N) is 1. The molecule has 0 aliphatic heterocycles. The van der Waals surface area contributed by atoms with Gasteiger partial charge in [-0.1, -0.05) is 48.2 Å². The van der Waals surface area contributed by atoms with Crippen LogP contribution >= 0.6 is 11.3 Å². The lowest BCUT2D eigenvalue weighted by molar-refractivity contribution is -0.115. The fourth-order valence-corrected chi connectivity index (χ4v) is 2.93. The molecule has 0 fully saturated rings. The van der Waals surface area contributed by atoms with Crippen LogP contribution in [0.25, 0.3) is 0 Å². The third kappa shape index (κ3) is 6.69. The number of rotatable bonds is 9. The molecule has 1 heterocycles. The number of aliphatic hydroxyl groups is 1. The number of carbonyl (C=O) groups excluding carboxylic acids is 1. The van der Waals surface area contributed by atoms with E-state index in [-0.39, 0.29) is 64.2 Å². The summed E-state index contributed by atoms with van der Waals surface area (Å²) in [6.45, 7) is 1.47. The van der Waals surface area contributed by atoms with Gasteiger partial charge in [-0.2, -0.15) is 0 Å². The number of hydrogen-bond acceptors (Lipinski definition) is 5. The first-order chi connectivity index (χ1) is 18.5. The topological polar surface area (TPSA) is 88.2 Å². The minimum Gasteiger partial charge on any atom is -0.388 e. The first-order valence-electron chi connectivity index (χ1n) is 14.4. The third-order valence-corrected chi connectivity index (χ3v) is 4.47. The van der Waals surface area contributed by atoms with E-state index in [0.29, 0.717) is 24.2 Å². The van der Waals surface area contributed by atoms with E-state index in [2.05, 4.69) is 10.3 Å². The fourth-order valence-electron chi connectivity index (χ4n) is 2.50. The van der Waals surface area contributed by atoms with Gasteiger partial charge in [0, 0.05) is 13.8 Å². The summed E-state index contributed by atoms with van der Waals surface area (Å²) >= 11 is 0.675. The highest BCUT2D eigenvalue weighted by Gasteiger charge is 2.08. The normalized spacial score (nSPS) is 17.8. The molecular formula is C23H27N3O2S. The van der Waals surface area contributed by atoms with E-state index in [0.717, 1.165) is 0 Å². The minimum absolute atomic E-state index is 0.0411. The van der Waals surface area contributed by atoms with E-state index < -0.39 is 53.9 Å². The lowest BCUT2D eigenvalue weighted by Gasteiger charge is -2.11. The number of anilines is 2. The standard InChI is InChI=1S/C23H27N3O2S/c1-16-5-4-7-18(13-16)21(27)8-3-2-6-17-9-11-19(12-10-17)25-22(28)14-20-15-29-23(24)26-20/h4-5,7,9-13,15,21,27H,2-3,6,8,14H2,1H3,(H2,24,26)(H,25,28)/t21-/m0/s1/i4D,5D,7D,9D,10D,11D,12D,13D,14D2,15D. The first-order valence-corrected chi connectivity index (χ1v) is 9.72. The van der Waals surface area contributed by atoms with Crippen LogP contribution in [0.3, 0.4) is 0 Å². The lowest BCUT2D eigenvalue weighted by atomic mass is 10.00. The van der Waals surface area contributed by atoms with Gasteiger partial charge in [-0.05, 0) is 49.4 Å². The van der Waals surface area contributed by atoms with Crippen molar-refractivity contribution < 1.29 is 25.0 Å². The molecule has 1 atom stereocenters. The van der Waals surface area contributed by atoms with Crippen molar-refractivity contribution in [3.05, 3.63) is 76.1 Å². The molecule has 0 aliphatic carbocycles. The second kappa shape index (κ2) is 10.2. The number of aliphatic hydroxyl groups excluding tert-OH is 1. The smallest absolute Gasteiger partial charge is 0.230 e. The van der Waals surface area contributed by atoms with Crippen LogP contribution in [-0.2, 0) is 17.6 Å². The van der Waals surface area contributed by atoms with Gasteiger partial charge >= 0.3 is 0 Å². The molecular weight excluding hydrogens is 382 g/mol. The molecule has 3 aromatic rings. The van der Waals surface area contributed by atoms with E-state index in [1.165, 1.54) is 6.92 Å². The molecule has 0 saturated heterocycles. The lowest BCUT2D eigenvalue weighted by Crippen LogP contribution is -2.14. The minimum atomic E-state index is -2.83. The molecule has 0 unspecified atom stereocenters. The maximum Gasteiger partial charge on any atom is 0.230 e. The Hall–Kier alpha value is -2.70. The average molecular weight is 421 g/mol. The van der Waals surface area contributed by atoms with Gasteiger partial charge < -0.3 is 16.2 Å². The van der Waals surface area contributed by atoms with Gasteiger partial charge in [0.05, 0.1) is 30.5 Å². The van der Waals surface area contributed by atoms with Crippen molar-refractivity contribution in [3.8, 4) is 0 Å². The molecule has 0 aliphatic rings. The van der Waals surface area contributed by atoms with Crippen molar-refractivity contribution in [1.82, 2.24) is 4.98 Å². The van der Waals surface area contributed by atoms with Gasteiger partial charge in [0.2, 0.25) is 5.91 Å². The van der Waals surface area contributed by atoms with Crippen molar-refractivity contribution in [2.45, 2.75) is 45.1 Å². The molecule has 0 saturated carbocycles. The number of amides is 1. The van der Waals surface area contributed by atoms with Crippen LogP contribution in [0.1, 0.15) is 62.8 Å². The van der Waals surface area contributed by atoms with Gasteiger partial charge in [0.1, 0.15) is 0 Å². The second-order valence-electron chi connectivity index (χ2n) is 6.24. The van der Waals surface area contributed by atoms with E-state index >= 15 is 0 Å². The molecule has 6 heteroatoms. The van der Waals surface area contributed by atoms with Crippen LogP contribution in [0.5, 0.6) is 0 Å². The number of aromatic nitrogens is 1. The average Bonchev–Trinajstić information content (AvgIpc) is 3.25. The molecule has 0 spiro atoms. The Balaban J connectivity index is 1.75. The summed E-state index contributed by atoms with van der Waals surface area (Å²) in [5.41, 5.74) is 4.64. The van der Waals surface area contributed by atoms with Crippen molar-refractivity contribution in [2.24, 2.45) is 0 Å². The zero-order valence-electron chi connectivity index (χ0n) is 26.7. The summed E-state index contributed by atoms with van der Waals surface area (Å²) in [7, 11) is 0. The molecule has 152 valence electrons. The predicted molar refractivity (Wildman–Crippen MR) is 119 cm³/mol. The highest BCUT2D eigenvalue weighted by molar-refractivity contribution is 7.13. The summed E-state index contributed by atoms with van der Waals surface area (Å²) in [6.07, 6.45) is -3.27. The van der Waals surface area contributed by atoms with E-state index in [1.807, 2.05) is 0 Å². The molecule has 0 radical (unpaired) electrons. The summed E-state index contributed by atoms with van der Waals surface area (Å²) in [5.74, 6) is -1.33. The molecule has 4 N–H and O–H groups in total. The van der Waals surface area contributed by atoms with E-state index in [9.17, 15) is 9.90 Å². The van der Waals surface area contributed by atoms with Crippen LogP contribution < -0.4 is 11.1 Å². The van der Waals surface area contributed by atoms with Crippen molar-refractivity contribution >= 4 is 28.1 Å². The Morgan fingerprint density at radius 2 is 2.10 bits per heavy atom. The maximum absolute atomic E-state index is 12.7. The number of nitrogens with zero attached hydrogens (tertiary/aromatic N) is 1. The Bertz CT molecular complexity index is 1420. The summed E-state index contributed by atoms with van der Waals surface area (Å²) in [5, 5.41) is 12.2. The molecule has 3 rings (SSSR count). The predicted octanol–water partition coefficient (Wildman–Crippen LogP) is 4.66. The van der Waals surface area contributed by atoms with Crippen molar-refractivity contribution in [2.75, 3.05) is 11.1 Å². The van der Waals surface area contributed by atoms with Crippen LogP contribution in [0, 0.1) is 6.92 Å². The van der Waals surface area contributed by atoms with Gasteiger partial charge in [-0.25, -0.2) is 4.98 Å². The van der Waals surface area contributed by atoms with Crippen LogP contribution in [-0.4, -0.2) is 16.0 Å². The number of unbranched alkanes of at least 4 members (excludes halogenated alkanes) is 1. The van der Waals surface area contributed by atoms with Crippen molar-refractivity contribution in [3.63, 3.8) is 0 Å². The summed E-state index contributed by atoms with van der Waals surface area (Å²) in [4.78, 5) is 16.4. The molecule has 0 bridgehead atoms. The molecule has 5 nitrogen and oxygen atoms in total. The molecule has 1 aromatic heterocycles. The van der Waals surface area contributed by atoms with Gasteiger partial charge in [0.25, 0.3) is 0 Å². The molecule has 29 heavy (non-hydrogen) atoms. The number of carbonyl (C=O) groups is 1. The van der Waals surface area contributed by atoms with Crippen molar-refractivity contribution in [1.29, 1.82) is 0 Å². The van der Waals surface area contributed by atoms with E-state index in [4.69, 9.17) is 20.8 Å². The number of benzene rings is 2. The van der Waals surface area contributed by atoms with Gasteiger partial charge in [0.15, 0.2) is 5.13 Å². The van der Waals surface area contributed by atoms with E-state index in [1.54, 1.807) is 0 Å². The highest BCUT2D eigenvalue weighted by Crippen LogP contribution is 2.21. The second-order valence-corrected chi connectivity index (χ2v) is 7.06. The van der Waals surface area contributed by atoms with Gasteiger partial charge in [-0.3, -0.25) is 4.79 Å². The number of thiazole rings is 1. The highest BCUT2D eigenvalue weighted by atomic mass is 32.1. The largest absolute Gasteiger partial charge is 0.388 e. The SMILES string of the molecule is [2H]c1sc(N)nc1C([2H])([2H])C(=O)Nc1c([2H])c([2H])c(CCCC[C@H](O)c2c([2H])c([2H])c([2H])c(C)c2[2H])c([2H])c1[2H]. The molecule has 1 amide bonds. The summed E-state index contributed by atoms with van der Waals surface area (Å²) in [6, 6.07) is -3.20. The number of nitrogen functional groups attached to an aromatic ring is 1. The summed E-state index contributed by atoms with van der Waals surface area (Å²) < 4.78 is 89.0. The Kier molecular flexibility index (Phi) is 3.83. The first kappa shape index (κ1) is 10.9. The number of nitrogens with two attached hydrogens (primary N) is 1. The van der Waals surface area contributed by atoms with Crippen LogP contribution in [0.2, 0.25) is 0 Å². The molecule has 2 aromatic carbocycles. The quantitative estimate of drug-likeness (QED) is 0.439.